The van der Waals surface area contributed by atoms with E-state index in [-0.39, 0.29) is 12.4 Å². The number of nitrogens with one attached hydrogen (secondary N) is 1. The standard InChI is InChI=1S/C19H21Cl2N5OS.ClH/c1-2-27-18-16(20)11-14(12-17(18)21)13-22-9-6-10-28-19-23-24-25-26(19)15-7-4-3-5-8-15;/h3-5,7-8,11-12,22H,2,6,9-10,13H2,1H3;1H. The highest BCUT2D eigenvalue weighted by molar-refractivity contribution is 7.99. The Balaban J connectivity index is 0.00000300. The molecule has 0 bridgehead atoms. The van der Waals surface area contributed by atoms with Gasteiger partial charge in [0.1, 0.15) is 0 Å². The summed E-state index contributed by atoms with van der Waals surface area (Å²) in [7, 11) is 0. The van der Waals surface area contributed by atoms with Crippen molar-refractivity contribution in [3.8, 4) is 11.4 Å². The zero-order valence-electron chi connectivity index (χ0n) is 15.8. The van der Waals surface area contributed by atoms with Crippen LogP contribution in [0.1, 0.15) is 18.9 Å². The first-order chi connectivity index (χ1) is 13.7. The highest BCUT2D eigenvalue weighted by Gasteiger charge is 2.10. The van der Waals surface area contributed by atoms with Crippen LogP contribution < -0.4 is 10.1 Å². The summed E-state index contributed by atoms with van der Waals surface area (Å²) >= 11 is 14.1. The summed E-state index contributed by atoms with van der Waals surface area (Å²) in [6, 6.07) is 13.6. The van der Waals surface area contributed by atoms with Crippen molar-refractivity contribution in [3.63, 3.8) is 0 Å². The van der Waals surface area contributed by atoms with Crippen molar-refractivity contribution in [3.05, 3.63) is 58.1 Å². The molecule has 0 radical (unpaired) electrons. The number of nitrogens with zero attached hydrogens (tertiary/aromatic N) is 4. The van der Waals surface area contributed by atoms with Crippen molar-refractivity contribution in [1.29, 1.82) is 0 Å². The van der Waals surface area contributed by atoms with Crippen molar-refractivity contribution in [2.45, 2.75) is 25.0 Å². The first-order valence-corrected chi connectivity index (χ1v) is 10.7. The second kappa shape index (κ2) is 12.2. The Morgan fingerprint density at radius 2 is 1.86 bits per heavy atom. The van der Waals surface area contributed by atoms with Gasteiger partial charge < -0.3 is 10.1 Å². The van der Waals surface area contributed by atoms with Crippen molar-refractivity contribution < 1.29 is 4.74 Å². The van der Waals surface area contributed by atoms with Gasteiger partial charge in [-0.2, -0.15) is 4.68 Å². The Morgan fingerprint density at radius 3 is 2.55 bits per heavy atom. The SMILES string of the molecule is CCOc1c(Cl)cc(CNCCCSc2nnnn2-c2ccccc2)cc1Cl.Cl. The van der Waals surface area contributed by atoms with Crippen molar-refractivity contribution in [1.82, 2.24) is 25.5 Å². The summed E-state index contributed by atoms with van der Waals surface area (Å²) in [6.45, 7) is 3.99. The first kappa shape index (κ1) is 23.8. The predicted molar refractivity (Wildman–Crippen MR) is 121 cm³/mol. The molecule has 0 unspecified atom stereocenters. The maximum absolute atomic E-state index is 6.24. The molecule has 0 saturated carbocycles. The van der Waals surface area contributed by atoms with Gasteiger partial charge in [-0.25, -0.2) is 0 Å². The van der Waals surface area contributed by atoms with Gasteiger partial charge in [0.2, 0.25) is 5.16 Å². The monoisotopic (exact) mass is 473 g/mol. The van der Waals surface area contributed by atoms with E-state index in [1.807, 2.05) is 49.4 Å². The number of ether oxygens (including phenoxy) is 1. The zero-order valence-corrected chi connectivity index (χ0v) is 19.0. The molecule has 0 fully saturated rings. The minimum atomic E-state index is 0. The molecule has 1 N–H and O–H groups in total. The van der Waals surface area contributed by atoms with Crippen LogP contribution in [0.5, 0.6) is 5.75 Å². The lowest BCUT2D eigenvalue weighted by atomic mass is 10.2. The van der Waals surface area contributed by atoms with Crippen LogP contribution in [-0.4, -0.2) is 39.1 Å². The number of benzene rings is 2. The molecule has 3 rings (SSSR count). The van der Waals surface area contributed by atoms with Gasteiger partial charge in [-0.3, -0.25) is 0 Å². The van der Waals surface area contributed by atoms with Gasteiger partial charge in [-0.05, 0) is 60.1 Å². The van der Waals surface area contributed by atoms with E-state index in [0.29, 0.717) is 28.9 Å². The lowest BCUT2D eigenvalue weighted by Gasteiger charge is -2.11. The fourth-order valence-electron chi connectivity index (χ4n) is 2.59. The third kappa shape index (κ3) is 6.76. The summed E-state index contributed by atoms with van der Waals surface area (Å²) in [4.78, 5) is 0. The van der Waals surface area contributed by atoms with E-state index in [1.165, 1.54) is 0 Å². The largest absolute Gasteiger partial charge is 0.491 e. The summed E-state index contributed by atoms with van der Waals surface area (Å²) in [5.74, 6) is 1.45. The number of para-hydroxylation sites is 1. The Kier molecular flexibility index (Phi) is 10.0. The molecule has 6 nitrogen and oxygen atoms in total. The topological polar surface area (TPSA) is 64.9 Å². The van der Waals surface area contributed by atoms with Crippen molar-refractivity contribution in [2.75, 3.05) is 18.9 Å². The van der Waals surface area contributed by atoms with Crippen LogP contribution in [0.25, 0.3) is 5.69 Å². The molecule has 10 heteroatoms. The van der Waals surface area contributed by atoms with Gasteiger partial charge in [0.15, 0.2) is 5.75 Å². The average molecular weight is 475 g/mol. The third-order valence-corrected chi connectivity index (χ3v) is 5.41. The molecule has 1 aromatic heterocycles. The lowest BCUT2D eigenvalue weighted by molar-refractivity contribution is 0.340. The highest BCUT2D eigenvalue weighted by Crippen LogP contribution is 2.34. The molecule has 156 valence electrons. The van der Waals surface area contributed by atoms with E-state index in [0.717, 1.165) is 35.1 Å². The fraction of sp³-hybridized carbons (Fsp3) is 0.316. The maximum Gasteiger partial charge on any atom is 0.214 e. The molecule has 0 aliphatic heterocycles. The van der Waals surface area contributed by atoms with Crippen LogP contribution in [0.4, 0.5) is 0 Å². The number of aromatic nitrogens is 4. The molecule has 29 heavy (non-hydrogen) atoms. The van der Waals surface area contributed by atoms with E-state index in [9.17, 15) is 0 Å². The third-order valence-electron chi connectivity index (χ3n) is 3.85. The quantitative estimate of drug-likeness (QED) is 0.327. The van der Waals surface area contributed by atoms with Crippen LogP contribution >= 0.6 is 47.4 Å². The molecule has 0 saturated heterocycles. The van der Waals surface area contributed by atoms with E-state index < -0.39 is 0 Å². The Morgan fingerprint density at radius 1 is 1.14 bits per heavy atom. The fourth-order valence-corrected chi connectivity index (χ4v) is 4.06. The van der Waals surface area contributed by atoms with Crippen LogP contribution in [0.15, 0.2) is 47.6 Å². The maximum atomic E-state index is 6.24. The highest BCUT2D eigenvalue weighted by atomic mass is 35.5. The molecule has 0 aliphatic rings. The van der Waals surface area contributed by atoms with Gasteiger partial charge in [-0.1, -0.05) is 53.2 Å². The van der Waals surface area contributed by atoms with Crippen molar-refractivity contribution in [2.24, 2.45) is 0 Å². The minimum absolute atomic E-state index is 0. The van der Waals surface area contributed by atoms with Gasteiger partial charge >= 0.3 is 0 Å². The molecule has 0 amide bonds. The zero-order chi connectivity index (χ0) is 19.8. The Bertz CT molecular complexity index is 872. The van der Waals surface area contributed by atoms with Crippen LogP contribution in [0.3, 0.4) is 0 Å². The Labute approximate surface area is 190 Å². The lowest BCUT2D eigenvalue weighted by Crippen LogP contribution is -2.15. The number of halogens is 3. The van der Waals surface area contributed by atoms with Crippen molar-refractivity contribution >= 4 is 47.4 Å². The van der Waals surface area contributed by atoms with Gasteiger partial charge in [-0.15, -0.1) is 17.5 Å². The molecular weight excluding hydrogens is 453 g/mol. The number of hydrogen-bond acceptors (Lipinski definition) is 6. The molecule has 0 spiro atoms. The van der Waals surface area contributed by atoms with E-state index in [4.69, 9.17) is 27.9 Å². The predicted octanol–water partition coefficient (Wildman–Crippen LogP) is 5.06. The second-order valence-electron chi connectivity index (χ2n) is 5.91. The van der Waals surface area contributed by atoms with E-state index in [2.05, 4.69) is 20.8 Å². The number of rotatable bonds is 10. The summed E-state index contributed by atoms with van der Waals surface area (Å²) in [6.07, 6.45) is 0.977. The molecule has 0 atom stereocenters. The summed E-state index contributed by atoms with van der Waals surface area (Å²) in [5, 5.41) is 17.2. The van der Waals surface area contributed by atoms with E-state index in [1.54, 1.807) is 16.4 Å². The molecular formula is C19H22Cl3N5OS. The average Bonchev–Trinajstić information content (AvgIpc) is 3.16. The second-order valence-corrected chi connectivity index (χ2v) is 7.79. The van der Waals surface area contributed by atoms with Gasteiger partial charge in [0.05, 0.1) is 22.3 Å². The summed E-state index contributed by atoms with van der Waals surface area (Å²) < 4.78 is 7.20. The molecule has 1 heterocycles. The summed E-state index contributed by atoms with van der Waals surface area (Å²) in [5.41, 5.74) is 1.98. The van der Waals surface area contributed by atoms with Gasteiger partial charge in [0, 0.05) is 12.3 Å². The van der Waals surface area contributed by atoms with Crippen LogP contribution in [0.2, 0.25) is 10.0 Å². The number of tetrazole rings is 1. The van der Waals surface area contributed by atoms with Gasteiger partial charge in [0.25, 0.3) is 0 Å². The normalized spacial score (nSPS) is 10.6. The first-order valence-electron chi connectivity index (χ1n) is 8.97. The molecule has 2 aromatic carbocycles. The van der Waals surface area contributed by atoms with Crippen LogP contribution in [-0.2, 0) is 6.54 Å². The molecule has 0 aliphatic carbocycles. The smallest absolute Gasteiger partial charge is 0.214 e. The number of thioether (sulfide) groups is 1. The van der Waals surface area contributed by atoms with E-state index >= 15 is 0 Å². The van der Waals surface area contributed by atoms with Crippen LogP contribution in [0, 0.1) is 0 Å². The Hall–Kier alpha value is -1.51. The molecule has 3 aromatic rings. The minimum Gasteiger partial charge on any atom is -0.491 e. The number of hydrogen-bond donors (Lipinski definition) is 1.